The number of aliphatic imine (C=N–C) groups is 1. The zero-order chi connectivity index (χ0) is 20.1. The lowest BCUT2D eigenvalue weighted by Gasteiger charge is -2.16. The van der Waals surface area contributed by atoms with Crippen LogP contribution < -0.4 is 0 Å². The highest BCUT2D eigenvalue weighted by Crippen LogP contribution is 2.34. The van der Waals surface area contributed by atoms with Crippen molar-refractivity contribution in [2.75, 3.05) is 7.11 Å². The minimum atomic E-state index is 0.676. The second-order valence-corrected chi connectivity index (χ2v) is 8.17. The molecule has 0 radical (unpaired) electrons. The molecule has 0 spiro atoms. The monoisotopic (exact) mass is 392 g/mol. The van der Waals surface area contributed by atoms with Crippen molar-refractivity contribution in [3.05, 3.63) is 64.7 Å². The van der Waals surface area contributed by atoms with Gasteiger partial charge in [0.25, 0.3) is 0 Å². The Bertz CT molecular complexity index is 899. The predicted molar refractivity (Wildman–Crippen MR) is 118 cm³/mol. The van der Waals surface area contributed by atoms with Crippen LogP contribution in [0.25, 0.3) is 6.08 Å². The predicted octanol–water partition coefficient (Wildman–Crippen LogP) is 6.76. The molecule has 4 rings (SSSR count). The van der Waals surface area contributed by atoms with Crippen LogP contribution in [-0.2, 0) is 11.2 Å². The number of aromatic nitrogens is 1. The molecule has 0 fully saturated rings. The van der Waals surface area contributed by atoms with E-state index in [1.165, 1.54) is 62.6 Å². The summed E-state index contributed by atoms with van der Waals surface area (Å²) in [6.45, 7) is 2.29. The normalized spacial score (nSPS) is 21.2. The van der Waals surface area contributed by atoms with Gasteiger partial charge in [-0.15, -0.1) is 0 Å². The molecule has 2 aromatic rings. The first-order chi connectivity index (χ1) is 14.3. The van der Waals surface area contributed by atoms with Gasteiger partial charge in [0.05, 0.1) is 13.4 Å². The van der Waals surface area contributed by atoms with Crippen LogP contribution in [0, 0.1) is 0 Å². The molecule has 1 atom stereocenters. The Hall–Kier alpha value is -2.49. The fourth-order valence-electron chi connectivity index (χ4n) is 4.52. The smallest absolute Gasteiger partial charge is 0.152 e. The first kappa shape index (κ1) is 19.8. The Morgan fingerprint density at radius 2 is 2.17 bits per heavy atom. The van der Waals surface area contributed by atoms with Gasteiger partial charge in [-0.2, -0.15) is 0 Å². The number of allylic oxidation sites excluding steroid dienone is 1. The average molecular weight is 393 g/mol. The van der Waals surface area contributed by atoms with E-state index in [2.05, 4.69) is 24.1 Å². The van der Waals surface area contributed by atoms with E-state index >= 15 is 0 Å². The third kappa shape index (κ3) is 4.58. The molecule has 29 heavy (non-hydrogen) atoms. The Morgan fingerprint density at radius 1 is 1.28 bits per heavy atom. The molecule has 154 valence electrons. The van der Waals surface area contributed by atoms with E-state index in [1.807, 2.05) is 18.2 Å². The lowest BCUT2D eigenvalue weighted by molar-refractivity contribution is 0.303. The van der Waals surface area contributed by atoms with Crippen LogP contribution in [0.3, 0.4) is 0 Å². The summed E-state index contributed by atoms with van der Waals surface area (Å²) in [6.07, 6.45) is 17.4. The molecule has 3 heterocycles. The molecule has 2 aliphatic rings. The van der Waals surface area contributed by atoms with Crippen LogP contribution in [-0.4, -0.2) is 17.8 Å². The number of nitrogens with zero attached hydrogens (tertiary/aromatic N) is 1. The minimum Gasteiger partial charge on any atom is -0.494 e. The van der Waals surface area contributed by atoms with Crippen LogP contribution in [0.5, 0.6) is 0 Å². The maximum atomic E-state index is 5.58. The van der Waals surface area contributed by atoms with E-state index < -0.39 is 0 Å². The summed E-state index contributed by atoms with van der Waals surface area (Å²) < 4.78 is 11.1. The highest BCUT2D eigenvalue weighted by Gasteiger charge is 2.21. The summed E-state index contributed by atoms with van der Waals surface area (Å²) in [7, 11) is 1.69. The molecule has 0 saturated carbocycles. The summed E-state index contributed by atoms with van der Waals surface area (Å²) in [6, 6.07) is 6.17. The molecule has 1 N–H and O–H groups in total. The van der Waals surface area contributed by atoms with Gasteiger partial charge < -0.3 is 14.1 Å². The van der Waals surface area contributed by atoms with Crippen molar-refractivity contribution in [2.45, 2.75) is 70.6 Å². The van der Waals surface area contributed by atoms with Gasteiger partial charge in [0.2, 0.25) is 0 Å². The maximum Gasteiger partial charge on any atom is 0.152 e. The molecule has 0 amide bonds. The third-order valence-electron chi connectivity index (χ3n) is 6.08. The molecule has 0 aromatic carbocycles. The fraction of sp³-hybridized carbons (Fsp3) is 0.480. The van der Waals surface area contributed by atoms with E-state index in [1.54, 1.807) is 13.4 Å². The van der Waals surface area contributed by atoms with Crippen molar-refractivity contribution in [3.63, 3.8) is 0 Å². The summed E-state index contributed by atoms with van der Waals surface area (Å²) in [5.74, 6) is 2.21. The average Bonchev–Trinajstić information content (AvgIpc) is 3.46. The van der Waals surface area contributed by atoms with Gasteiger partial charge in [-0.3, -0.25) is 0 Å². The molecule has 2 aromatic heterocycles. The molecule has 4 heteroatoms. The number of aryl methyl sites for hydroxylation is 1. The highest BCUT2D eigenvalue weighted by atomic mass is 16.5. The van der Waals surface area contributed by atoms with E-state index in [9.17, 15) is 0 Å². The van der Waals surface area contributed by atoms with Gasteiger partial charge >= 0.3 is 0 Å². The molecular formula is C25H32N2O2. The van der Waals surface area contributed by atoms with Crippen LogP contribution in [0.1, 0.15) is 86.9 Å². The Labute approximate surface area is 173 Å². The molecule has 4 nitrogen and oxygen atoms in total. The molecule has 1 aliphatic carbocycles. The van der Waals surface area contributed by atoms with Crippen molar-refractivity contribution in [1.82, 2.24) is 4.98 Å². The van der Waals surface area contributed by atoms with Crippen molar-refractivity contribution >= 4 is 11.8 Å². The van der Waals surface area contributed by atoms with Crippen LogP contribution in [0.2, 0.25) is 0 Å². The van der Waals surface area contributed by atoms with Crippen molar-refractivity contribution in [2.24, 2.45) is 4.99 Å². The number of hydrogen-bond acceptors (Lipinski definition) is 3. The first-order valence-corrected chi connectivity index (χ1v) is 11.1. The second-order valence-electron chi connectivity index (χ2n) is 8.17. The van der Waals surface area contributed by atoms with Crippen molar-refractivity contribution in [3.8, 4) is 0 Å². The van der Waals surface area contributed by atoms with Gasteiger partial charge in [0.1, 0.15) is 17.2 Å². The van der Waals surface area contributed by atoms with E-state index in [4.69, 9.17) is 14.1 Å². The number of furan rings is 1. The van der Waals surface area contributed by atoms with Crippen LogP contribution >= 0.6 is 0 Å². The van der Waals surface area contributed by atoms with Gasteiger partial charge in [-0.05, 0) is 61.4 Å². The SMILES string of the molecule is CCCCC1CCCCCCc2[nH]c(/C=C3\N=C(c4ccco4)C=C3OC)cc21. The van der Waals surface area contributed by atoms with E-state index in [0.717, 1.165) is 35.0 Å². The fourth-order valence-corrected chi connectivity index (χ4v) is 4.52. The zero-order valence-corrected chi connectivity index (χ0v) is 17.7. The number of fused-ring (bicyclic) bond motifs is 1. The number of H-pyrrole nitrogens is 1. The van der Waals surface area contributed by atoms with E-state index in [0.29, 0.717) is 5.92 Å². The molecule has 0 saturated heterocycles. The lowest BCUT2D eigenvalue weighted by Crippen LogP contribution is -2.01. The molecule has 0 bridgehead atoms. The Balaban J connectivity index is 1.64. The highest BCUT2D eigenvalue weighted by molar-refractivity contribution is 6.10. The van der Waals surface area contributed by atoms with Crippen LogP contribution in [0.4, 0.5) is 0 Å². The van der Waals surface area contributed by atoms with Crippen LogP contribution in [0.15, 0.2) is 51.4 Å². The molecule has 1 aliphatic heterocycles. The standard InChI is InChI=1S/C25H32N2O2/c1-3-4-10-18-11-7-5-6-8-12-21-20(18)15-19(26-21)16-22-25(28-2)17-23(27-22)24-13-9-14-29-24/h9,13-18,26H,3-8,10-12H2,1-2H3/b22-16-. The third-order valence-corrected chi connectivity index (χ3v) is 6.08. The van der Waals surface area contributed by atoms with Gasteiger partial charge in [0.15, 0.2) is 5.76 Å². The van der Waals surface area contributed by atoms with Crippen molar-refractivity contribution in [1.29, 1.82) is 0 Å². The summed E-state index contributed by atoms with van der Waals surface area (Å²) in [5.41, 5.74) is 5.73. The number of unbranched alkanes of at least 4 members (excludes halogenated alkanes) is 1. The number of aromatic amines is 1. The number of rotatable bonds is 6. The zero-order valence-electron chi connectivity index (χ0n) is 17.7. The minimum absolute atomic E-state index is 0.676. The summed E-state index contributed by atoms with van der Waals surface area (Å²) in [5, 5.41) is 0. The molecule has 1 unspecified atom stereocenters. The lowest BCUT2D eigenvalue weighted by atomic mass is 9.89. The van der Waals surface area contributed by atoms with Gasteiger partial charge in [0, 0.05) is 17.5 Å². The van der Waals surface area contributed by atoms with Crippen molar-refractivity contribution < 1.29 is 9.15 Å². The second kappa shape index (κ2) is 9.34. The quantitative estimate of drug-likeness (QED) is 0.590. The van der Waals surface area contributed by atoms with Gasteiger partial charge in [-0.1, -0.05) is 39.0 Å². The number of methoxy groups -OCH3 is 1. The van der Waals surface area contributed by atoms with Gasteiger partial charge in [-0.25, -0.2) is 4.99 Å². The van der Waals surface area contributed by atoms with E-state index in [-0.39, 0.29) is 0 Å². The number of nitrogens with one attached hydrogen (secondary N) is 1. The number of ether oxygens (including phenoxy) is 1. The number of hydrogen-bond donors (Lipinski definition) is 1. The largest absolute Gasteiger partial charge is 0.494 e. The Morgan fingerprint density at radius 3 is 2.97 bits per heavy atom. The summed E-state index contributed by atoms with van der Waals surface area (Å²) >= 11 is 0. The Kier molecular flexibility index (Phi) is 6.38. The maximum absolute atomic E-state index is 5.58. The first-order valence-electron chi connectivity index (χ1n) is 11.1. The topological polar surface area (TPSA) is 50.5 Å². The summed E-state index contributed by atoms with van der Waals surface area (Å²) in [4.78, 5) is 8.46. The molecular weight excluding hydrogens is 360 g/mol.